The van der Waals surface area contributed by atoms with E-state index in [1.54, 1.807) is 36.5 Å². The fourth-order valence-electron chi connectivity index (χ4n) is 4.64. The summed E-state index contributed by atoms with van der Waals surface area (Å²) in [6, 6.07) is 21.2. The highest BCUT2D eigenvalue weighted by atomic mass is 16.5. The molecule has 1 saturated heterocycles. The lowest BCUT2D eigenvalue weighted by Gasteiger charge is -2.25. The molecular weight excluding hydrogens is 440 g/mol. The van der Waals surface area contributed by atoms with Crippen LogP contribution in [-0.4, -0.2) is 27.9 Å². The summed E-state index contributed by atoms with van der Waals surface area (Å²) >= 11 is 0. The highest BCUT2D eigenvalue weighted by Crippen LogP contribution is 2.44. The molecule has 1 amide bonds. The third kappa shape index (κ3) is 3.87. The van der Waals surface area contributed by atoms with Crippen LogP contribution >= 0.6 is 0 Å². The summed E-state index contributed by atoms with van der Waals surface area (Å²) in [7, 11) is 0. The van der Waals surface area contributed by atoms with Crippen molar-refractivity contribution in [3.8, 4) is 5.75 Å². The molecule has 0 radical (unpaired) electrons. The SMILES string of the molecule is Cc1cc(/C(O)=C2\C(=O)C(=O)N(c3ccccc3)C2c2c[nH]c3ccccc23)ccc1OC(C)C. The van der Waals surface area contributed by atoms with E-state index < -0.39 is 17.7 Å². The summed E-state index contributed by atoms with van der Waals surface area (Å²) in [6.45, 7) is 5.77. The number of anilines is 1. The Bertz CT molecular complexity index is 1470. The summed E-state index contributed by atoms with van der Waals surface area (Å²) in [6.07, 6.45) is 1.81. The molecule has 1 aromatic heterocycles. The third-order valence-corrected chi connectivity index (χ3v) is 6.21. The van der Waals surface area contributed by atoms with Crippen molar-refractivity contribution in [1.29, 1.82) is 0 Å². The lowest BCUT2D eigenvalue weighted by molar-refractivity contribution is -0.132. The maximum absolute atomic E-state index is 13.4. The molecule has 0 saturated carbocycles. The number of para-hydroxylation sites is 2. The minimum absolute atomic E-state index is 0.00576. The predicted molar refractivity (Wildman–Crippen MR) is 136 cm³/mol. The van der Waals surface area contributed by atoms with Crippen LogP contribution in [0.5, 0.6) is 5.75 Å². The van der Waals surface area contributed by atoms with Crippen molar-refractivity contribution < 1.29 is 19.4 Å². The van der Waals surface area contributed by atoms with Gasteiger partial charge in [-0.2, -0.15) is 0 Å². The number of ether oxygens (including phenoxy) is 1. The number of amides is 1. The lowest BCUT2D eigenvalue weighted by atomic mass is 9.94. The Balaban J connectivity index is 1.72. The van der Waals surface area contributed by atoms with Gasteiger partial charge in [0.1, 0.15) is 11.5 Å². The summed E-state index contributed by atoms with van der Waals surface area (Å²) in [5.74, 6) is -0.906. The molecule has 6 nitrogen and oxygen atoms in total. The van der Waals surface area contributed by atoms with E-state index in [1.165, 1.54) is 4.90 Å². The number of nitrogens with one attached hydrogen (secondary N) is 1. The number of carbonyl (C=O) groups is 2. The van der Waals surface area contributed by atoms with E-state index in [1.807, 2.05) is 63.2 Å². The minimum Gasteiger partial charge on any atom is -0.507 e. The molecule has 1 fully saturated rings. The van der Waals surface area contributed by atoms with Crippen molar-refractivity contribution in [2.75, 3.05) is 4.90 Å². The van der Waals surface area contributed by atoms with Gasteiger partial charge in [0.05, 0.1) is 17.7 Å². The summed E-state index contributed by atoms with van der Waals surface area (Å²) < 4.78 is 5.82. The first-order chi connectivity index (χ1) is 16.9. The van der Waals surface area contributed by atoms with Gasteiger partial charge in [-0.15, -0.1) is 0 Å². The number of ketones is 1. The molecule has 176 valence electrons. The Morgan fingerprint density at radius 1 is 1.00 bits per heavy atom. The summed E-state index contributed by atoms with van der Waals surface area (Å²) in [5.41, 5.74) is 3.54. The largest absolute Gasteiger partial charge is 0.507 e. The average molecular weight is 467 g/mol. The number of aliphatic hydroxyl groups excluding tert-OH is 1. The van der Waals surface area contributed by atoms with Crippen molar-refractivity contribution in [3.63, 3.8) is 0 Å². The molecule has 1 atom stereocenters. The van der Waals surface area contributed by atoms with Crippen molar-refractivity contribution in [2.45, 2.75) is 32.9 Å². The zero-order valence-corrected chi connectivity index (χ0v) is 19.8. The number of benzene rings is 3. The smallest absolute Gasteiger partial charge is 0.300 e. The van der Waals surface area contributed by atoms with Gasteiger partial charge in [0, 0.05) is 33.9 Å². The fourth-order valence-corrected chi connectivity index (χ4v) is 4.64. The number of hydrogen-bond acceptors (Lipinski definition) is 4. The molecule has 5 rings (SSSR count). The maximum Gasteiger partial charge on any atom is 0.300 e. The van der Waals surface area contributed by atoms with Gasteiger partial charge < -0.3 is 14.8 Å². The number of carbonyl (C=O) groups excluding carboxylic acids is 2. The normalized spacial score (nSPS) is 17.5. The van der Waals surface area contributed by atoms with E-state index >= 15 is 0 Å². The first-order valence-corrected chi connectivity index (χ1v) is 11.6. The van der Waals surface area contributed by atoms with E-state index in [9.17, 15) is 14.7 Å². The predicted octanol–water partition coefficient (Wildman–Crippen LogP) is 5.89. The number of nitrogens with zero attached hydrogens (tertiary/aromatic N) is 1. The van der Waals surface area contributed by atoms with Gasteiger partial charge >= 0.3 is 0 Å². The molecule has 0 spiro atoms. The monoisotopic (exact) mass is 466 g/mol. The van der Waals surface area contributed by atoms with E-state index in [0.29, 0.717) is 17.0 Å². The molecule has 6 heteroatoms. The second-order valence-electron chi connectivity index (χ2n) is 8.94. The zero-order chi connectivity index (χ0) is 24.7. The Labute approximate surface area is 203 Å². The van der Waals surface area contributed by atoms with Gasteiger partial charge in [0.15, 0.2) is 0 Å². The molecule has 0 aliphatic carbocycles. The average Bonchev–Trinajstić information content (AvgIpc) is 3.39. The summed E-state index contributed by atoms with van der Waals surface area (Å²) in [5, 5.41) is 12.3. The molecule has 2 heterocycles. The van der Waals surface area contributed by atoms with Gasteiger partial charge in [-0.1, -0.05) is 36.4 Å². The number of aromatic amines is 1. The van der Waals surface area contributed by atoms with Crippen LogP contribution in [0.1, 0.15) is 36.6 Å². The van der Waals surface area contributed by atoms with Gasteiger partial charge in [-0.3, -0.25) is 14.5 Å². The standard InChI is InChI=1S/C29H26N2O4/c1-17(2)35-24-14-13-19(15-18(24)3)27(32)25-26(22-16-30-23-12-8-7-11-21(22)23)31(29(34)28(25)33)20-9-5-4-6-10-20/h4-17,26,30,32H,1-3H3/b27-25+. The second kappa shape index (κ2) is 8.80. The number of H-pyrrole nitrogens is 1. The number of hydrogen-bond donors (Lipinski definition) is 2. The number of Topliss-reactive ketones (excluding diaryl/α,β-unsaturated/α-hetero) is 1. The van der Waals surface area contributed by atoms with Crippen molar-refractivity contribution in [1.82, 2.24) is 4.98 Å². The van der Waals surface area contributed by atoms with Crippen LogP contribution in [0.3, 0.4) is 0 Å². The summed E-state index contributed by atoms with van der Waals surface area (Å²) in [4.78, 5) is 31.4. The number of aliphatic hydroxyl groups is 1. The minimum atomic E-state index is -0.791. The van der Waals surface area contributed by atoms with Crippen LogP contribution in [0.25, 0.3) is 16.7 Å². The maximum atomic E-state index is 13.4. The van der Waals surface area contributed by atoms with Crippen LogP contribution in [0.2, 0.25) is 0 Å². The first kappa shape index (κ1) is 22.5. The molecule has 3 aromatic carbocycles. The molecular formula is C29H26N2O4. The third-order valence-electron chi connectivity index (χ3n) is 6.21. The molecule has 2 N–H and O–H groups in total. The molecule has 4 aromatic rings. The van der Waals surface area contributed by atoms with Crippen LogP contribution in [0, 0.1) is 6.92 Å². The van der Waals surface area contributed by atoms with E-state index in [2.05, 4.69) is 4.98 Å². The van der Waals surface area contributed by atoms with E-state index in [4.69, 9.17) is 4.74 Å². The van der Waals surface area contributed by atoms with E-state index in [0.717, 1.165) is 22.0 Å². The number of aromatic nitrogens is 1. The number of fused-ring (bicyclic) bond motifs is 1. The van der Waals surface area contributed by atoms with Crippen molar-refractivity contribution in [2.24, 2.45) is 0 Å². The topological polar surface area (TPSA) is 82.6 Å². The fraction of sp³-hybridized carbons (Fsp3) is 0.172. The van der Waals surface area contributed by atoms with Crippen LogP contribution in [0.4, 0.5) is 5.69 Å². The molecule has 35 heavy (non-hydrogen) atoms. The quantitative estimate of drug-likeness (QED) is 0.218. The van der Waals surface area contributed by atoms with Crippen molar-refractivity contribution in [3.05, 3.63) is 101 Å². The van der Waals surface area contributed by atoms with Crippen LogP contribution < -0.4 is 9.64 Å². The zero-order valence-electron chi connectivity index (χ0n) is 19.8. The van der Waals surface area contributed by atoms with Gasteiger partial charge in [0.2, 0.25) is 0 Å². The van der Waals surface area contributed by atoms with E-state index in [-0.39, 0.29) is 17.4 Å². The van der Waals surface area contributed by atoms with Gasteiger partial charge in [-0.25, -0.2) is 0 Å². The number of aryl methyl sites for hydroxylation is 1. The van der Waals surface area contributed by atoms with Crippen LogP contribution in [0.15, 0.2) is 84.6 Å². The molecule has 1 aliphatic rings. The highest BCUT2D eigenvalue weighted by Gasteiger charge is 2.47. The Kier molecular flexibility index (Phi) is 5.65. The molecule has 0 bridgehead atoms. The Morgan fingerprint density at radius 3 is 2.43 bits per heavy atom. The van der Waals surface area contributed by atoms with Gasteiger partial charge in [0.25, 0.3) is 11.7 Å². The highest BCUT2D eigenvalue weighted by molar-refractivity contribution is 6.51. The Morgan fingerprint density at radius 2 is 1.71 bits per heavy atom. The molecule has 1 aliphatic heterocycles. The first-order valence-electron chi connectivity index (χ1n) is 11.6. The second-order valence-corrected chi connectivity index (χ2v) is 8.94. The van der Waals surface area contributed by atoms with Gasteiger partial charge in [-0.05, 0) is 62.7 Å². The molecule has 1 unspecified atom stereocenters. The Hall–Kier alpha value is -4.32. The number of rotatable bonds is 5. The van der Waals surface area contributed by atoms with Crippen molar-refractivity contribution >= 4 is 34.0 Å². The van der Waals surface area contributed by atoms with Crippen LogP contribution in [-0.2, 0) is 9.59 Å². The lowest BCUT2D eigenvalue weighted by Crippen LogP contribution is -2.29.